The van der Waals surface area contributed by atoms with Crippen molar-refractivity contribution in [1.29, 1.82) is 0 Å². The van der Waals surface area contributed by atoms with Gasteiger partial charge in [-0.2, -0.15) is 0 Å². The SMILES string of the molecule is CC(C)c1nc2c(c(=O)[nH]1)CCN(Cc1cc(F)c(O)c(Cl)c1)C2. The minimum absolute atomic E-state index is 0.000858. The molecule has 0 radical (unpaired) electrons. The zero-order valence-electron chi connectivity index (χ0n) is 13.6. The van der Waals surface area contributed by atoms with Gasteiger partial charge >= 0.3 is 0 Å². The molecule has 0 aliphatic carbocycles. The largest absolute Gasteiger partial charge is 0.504 e. The lowest BCUT2D eigenvalue weighted by Crippen LogP contribution is -2.35. The summed E-state index contributed by atoms with van der Waals surface area (Å²) in [5.74, 6) is -0.437. The zero-order chi connectivity index (χ0) is 17.4. The number of aromatic hydroxyl groups is 1. The highest BCUT2D eigenvalue weighted by Gasteiger charge is 2.22. The Morgan fingerprint density at radius 2 is 2.21 bits per heavy atom. The number of phenolic OH excluding ortho intramolecular Hbond substituents is 1. The van der Waals surface area contributed by atoms with E-state index in [-0.39, 0.29) is 16.5 Å². The van der Waals surface area contributed by atoms with E-state index in [0.29, 0.717) is 37.4 Å². The van der Waals surface area contributed by atoms with Gasteiger partial charge in [0.1, 0.15) is 5.82 Å². The summed E-state index contributed by atoms with van der Waals surface area (Å²) in [6, 6.07) is 2.84. The number of fused-ring (bicyclic) bond motifs is 1. The molecule has 128 valence electrons. The zero-order valence-corrected chi connectivity index (χ0v) is 14.3. The summed E-state index contributed by atoms with van der Waals surface area (Å²) in [5, 5.41) is 9.41. The molecule has 0 atom stereocenters. The van der Waals surface area contributed by atoms with Gasteiger partial charge in [0.25, 0.3) is 5.56 Å². The Morgan fingerprint density at radius 3 is 2.88 bits per heavy atom. The predicted molar refractivity (Wildman–Crippen MR) is 89.8 cm³/mol. The van der Waals surface area contributed by atoms with Gasteiger partial charge in [-0.25, -0.2) is 9.37 Å². The Balaban J connectivity index is 1.84. The van der Waals surface area contributed by atoms with Crippen molar-refractivity contribution in [3.05, 3.63) is 56.0 Å². The molecular weight excluding hydrogens is 333 g/mol. The first kappa shape index (κ1) is 16.9. The van der Waals surface area contributed by atoms with Gasteiger partial charge in [0.15, 0.2) is 11.6 Å². The van der Waals surface area contributed by atoms with Crippen molar-refractivity contribution in [1.82, 2.24) is 14.9 Å². The van der Waals surface area contributed by atoms with E-state index < -0.39 is 11.6 Å². The van der Waals surface area contributed by atoms with Crippen LogP contribution >= 0.6 is 11.6 Å². The maximum absolute atomic E-state index is 13.6. The molecule has 1 aromatic heterocycles. The third-order valence-electron chi connectivity index (χ3n) is 4.20. The number of aromatic amines is 1. The second kappa shape index (κ2) is 6.53. The number of halogens is 2. The molecule has 1 aromatic carbocycles. The van der Waals surface area contributed by atoms with Crippen molar-refractivity contribution in [2.24, 2.45) is 0 Å². The van der Waals surface area contributed by atoms with Gasteiger partial charge in [0, 0.05) is 31.1 Å². The van der Waals surface area contributed by atoms with E-state index in [4.69, 9.17) is 11.6 Å². The van der Waals surface area contributed by atoms with Crippen LogP contribution in [-0.2, 0) is 19.5 Å². The van der Waals surface area contributed by atoms with Crippen LogP contribution in [0.2, 0.25) is 5.02 Å². The number of rotatable bonds is 3. The molecule has 0 fully saturated rings. The van der Waals surface area contributed by atoms with Crippen molar-refractivity contribution < 1.29 is 9.50 Å². The van der Waals surface area contributed by atoms with Crippen molar-refractivity contribution >= 4 is 11.6 Å². The van der Waals surface area contributed by atoms with Gasteiger partial charge < -0.3 is 10.1 Å². The van der Waals surface area contributed by atoms with Crippen LogP contribution in [0, 0.1) is 5.82 Å². The third kappa shape index (κ3) is 3.30. The van der Waals surface area contributed by atoms with Crippen LogP contribution in [0.5, 0.6) is 5.75 Å². The van der Waals surface area contributed by atoms with Crippen LogP contribution in [0.15, 0.2) is 16.9 Å². The summed E-state index contributed by atoms with van der Waals surface area (Å²) in [7, 11) is 0. The van der Waals surface area contributed by atoms with E-state index in [9.17, 15) is 14.3 Å². The fourth-order valence-electron chi connectivity index (χ4n) is 2.89. The molecule has 1 aliphatic rings. The molecule has 2 aromatic rings. The highest BCUT2D eigenvalue weighted by atomic mass is 35.5. The van der Waals surface area contributed by atoms with E-state index in [0.717, 1.165) is 11.3 Å². The van der Waals surface area contributed by atoms with E-state index in [2.05, 4.69) is 14.9 Å². The van der Waals surface area contributed by atoms with Crippen molar-refractivity contribution in [2.45, 2.75) is 39.3 Å². The third-order valence-corrected chi connectivity index (χ3v) is 4.49. The molecule has 0 saturated carbocycles. The molecular formula is C17H19ClFN3O2. The van der Waals surface area contributed by atoms with Crippen LogP contribution in [0.4, 0.5) is 4.39 Å². The molecule has 0 saturated heterocycles. The maximum atomic E-state index is 13.6. The maximum Gasteiger partial charge on any atom is 0.254 e. The molecule has 0 spiro atoms. The van der Waals surface area contributed by atoms with Crippen molar-refractivity contribution in [3.63, 3.8) is 0 Å². The molecule has 0 unspecified atom stereocenters. The monoisotopic (exact) mass is 351 g/mol. The lowest BCUT2D eigenvalue weighted by Gasteiger charge is -2.28. The minimum Gasteiger partial charge on any atom is -0.504 e. The average Bonchev–Trinajstić information content (AvgIpc) is 2.52. The summed E-state index contributed by atoms with van der Waals surface area (Å²) in [5.41, 5.74) is 2.11. The summed E-state index contributed by atoms with van der Waals surface area (Å²) >= 11 is 5.83. The first-order valence-corrected chi connectivity index (χ1v) is 8.24. The quantitative estimate of drug-likeness (QED) is 0.892. The molecule has 7 heteroatoms. The van der Waals surface area contributed by atoms with Gasteiger partial charge in [-0.3, -0.25) is 9.69 Å². The van der Waals surface area contributed by atoms with E-state index in [1.807, 2.05) is 13.8 Å². The highest BCUT2D eigenvalue weighted by molar-refractivity contribution is 6.32. The number of phenols is 1. The normalized spacial score (nSPS) is 14.9. The Morgan fingerprint density at radius 1 is 1.46 bits per heavy atom. The molecule has 2 heterocycles. The summed E-state index contributed by atoms with van der Waals surface area (Å²) in [4.78, 5) is 21.7. The van der Waals surface area contributed by atoms with Crippen molar-refractivity contribution in [2.75, 3.05) is 6.54 Å². The van der Waals surface area contributed by atoms with Gasteiger partial charge in [-0.1, -0.05) is 25.4 Å². The summed E-state index contributed by atoms with van der Waals surface area (Å²) < 4.78 is 13.6. The van der Waals surface area contributed by atoms with Crippen LogP contribution in [0.1, 0.15) is 42.4 Å². The fourth-order valence-corrected chi connectivity index (χ4v) is 3.12. The number of benzene rings is 1. The Kier molecular flexibility index (Phi) is 4.60. The van der Waals surface area contributed by atoms with E-state index in [1.165, 1.54) is 6.07 Å². The van der Waals surface area contributed by atoms with Crippen LogP contribution in [0.25, 0.3) is 0 Å². The molecule has 1 aliphatic heterocycles. The second-order valence-electron chi connectivity index (χ2n) is 6.40. The van der Waals surface area contributed by atoms with Crippen LogP contribution < -0.4 is 5.56 Å². The minimum atomic E-state index is -0.730. The number of hydrogen-bond acceptors (Lipinski definition) is 4. The predicted octanol–water partition coefficient (Wildman–Crippen LogP) is 2.95. The van der Waals surface area contributed by atoms with Gasteiger partial charge in [0.05, 0.1) is 10.7 Å². The fraction of sp³-hybridized carbons (Fsp3) is 0.412. The highest BCUT2D eigenvalue weighted by Crippen LogP contribution is 2.28. The number of aromatic nitrogens is 2. The smallest absolute Gasteiger partial charge is 0.254 e. The topological polar surface area (TPSA) is 69.2 Å². The Labute approximate surface area is 144 Å². The summed E-state index contributed by atoms with van der Waals surface area (Å²) in [6.07, 6.45) is 0.602. The Bertz CT molecular complexity index is 812. The number of hydrogen-bond donors (Lipinski definition) is 2. The lowest BCUT2D eigenvalue weighted by atomic mass is 10.0. The van der Waals surface area contributed by atoms with Crippen LogP contribution in [0.3, 0.4) is 0 Å². The molecule has 0 amide bonds. The number of nitrogens with one attached hydrogen (secondary N) is 1. The van der Waals surface area contributed by atoms with Gasteiger partial charge in [0.2, 0.25) is 0 Å². The van der Waals surface area contributed by atoms with Gasteiger partial charge in [-0.05, 0) is 24.1 Å². The van der Waals surface area contributed by atoms with Gasteiger partial charge in [-0.15, -0.1) is 0 Å². The Hall–Kier alpha value is -1.92. The van der Waals surface area contributed by atoms with Crippen molar-refractivity contribution in [3.8, 4) is 5.75 Å². The standard InChI is InChI=1S/C17H19ClFN3O2/c1-9(2)16-20-14-8-22(4-3-11(14)17(24)21-16)7-10-5-12(18)15(23)13(19)6-10/h5-6,9,23H,3-4,7-8H2,1-2H3,(H,20,21,24). The molecule has 5 nitrogen and oxygen atoms in total. The average molecular weight is 352 g/mol. The van der Waals surface area contributed by atoms with E-state index >= 15 is 0 Å². The lowest BCUT2D eigenvalue weighted by molar-refractivity contribution is 0.239. The molecule has 3 rings (SSSR count). The molecule has 24 heavy (non-hydrogen) atoms. The van der Waals surface area contributed by atoms with Crippen LogP contribution in [-0.4, -0.2) is 26.5 Å². The first-order chi connectivity index (χ1) is 11.3. The first-order valence-electron chi connectivity index (χ1n) is 7.86. The molecule has 0 bridgehead atoms. The number of nitrogens with zero attached hydrogens (tertiary/aromatic N) is 2. The second-order valence-corrected chi connectivity index (χ2v) is 6.81. The summed E-state index contributed by atoms with van der Waals surface area (Å²) in [6.45, 7) is 5.64. The molecule has 2 N–H and O–H groups in total. The van der Waals surface area contributed by atoms with E-state index in [1.54, 1.807) is 6.07 Å². The number of H-pyrrole nitrogens is 1.